The van der Waals surface area contributed by atoms with Crippen LogP contribution in [-0.2, 0) is 11.3 Å². The molecule has 2 aromatic rings. The second kappa shape index (κ2) is 7.86. The van der Waals surface area contributed by atoms with Gasteiger partial charge >= 0.3 is 0 Å². The maximum atomic E-state index is 12.0. The van der Waals surface area contributed by atoms with Gasteiger partial charge in [-0.2, -0.15) is 10.5 Å². The largest absolute Gasteiger partial charge is 0.549 e. The number of carboxylic acid groups (broad SMARTS) is 1. The van der Waals surface area contributed by atoms with Gasteiger partial charge in [0, 0.05) is 11.5 Å². The zero-order chi connectivity index (χ0) is 22.2. The molecule has 1 unspecified atom stereocenters. The molecule has 1 aliphatic heterocycles. The van der Waals surface area contributed by atoms with E-state index >= 15 is 0 Å². The fourth-order valence-corrected chi connectivity index (χ4v) is 5.03. The van der Waals surface area contributed by atoms with Crippen LogP contribution < -0.4 is 10.0 Å². The van der Waals surface area contributed by atoms with E-state index in [0.717, 1.165) is 12.1 Å². The van der Waals surface area contributed by atoms with Crippen LogP contribution in [0.2, 0.25) is 0 Å². The van der Waals surface area contributed by atoms with E-state index in [9.17, 15) is 20.4 Å². The summed E-state index contributed by atoms with van der Waals surface area (Å²) in [7, 11) is 0. The van der Waals surface area contributed by atoms with Crippen LogP contribution in [0.5, 0.6) is 0 Å². The van der Waals surface area contributed by atoms with Crippen molar-refractivity contribution < 1.29 is 19.2 Å². The quantitative estimate of drug-likeness (QED) is 0.713. The van der Waals surface area contributed by atoms with Gasteiger partial charge in [0.1, 0.15) is 18.1 Å². The topological polar surface area (TPSA) is 129 Å². The van der Waals surface area contributed by atoms with Crippen LogP contribution in [0.15, 0.2) is 58.5 Å². The van der Waals surface area contributed by atoms with Crippen molar-refractivity contribution in [3.8, 4) is 12.1 Å². The molecule has 1 aliphatic carbocycles. The van der Waals surface area contributed by atoms with Crippen LogP contribution in [0.25, 0.3) is 0 Å². The van der Waals surface area contributed by atoms with E-state index in [1.807, 2.05) is 48.5 Å². The molecular formula is C24H22N4O3. The van der Waals surface area contributed by atoms with Gasteiger partial charge in [0.15, 0.2) is 5.41 Å². The number of quaternary nitrogens is 1. The molecule has 0 bridgehead atoms. The first-order chi connectivity index (χ1) is 14.9. The lowest BCUT2D eigenvalue weighted by Crippen LogP contribution is -3.12. The number of aliphatic carboxylic acids is 1. The van der Waals surface area contributed by atoms with Gasteiger partial charge in [-0.05, 0) is 30.7 Å². The van der Waals surface area contributed by atoms with Gasteiger partial charge in [-0.3, -0.25) is 0 Å². The number of benzene rings is 1. The standard InChI is InChI=1S/C24H22N4O3/c1-15-7-8-19(31-15)21-18-12-28(11-16-5-3-2-4-6-16)10-9-17(18)20(23(29)30)22(27)24(21,13-25)14-26/h2-9,18,20-21,27H,10-12H2,1H3,(H,29,30)/t18-,20+,21-/m1/s1. The first-order valence-corrected chi connectivity index (χ1v) is 10.2. The van der Waals surface area contributed by atoms with Crippen molar-refractivity contribution in [2.45, 2.75) is 19.4 Å². The summed E-state index contributed by atoms with van der Waals surface area (Å²) in [5, 5.41) is 40.7. The Morgan fingerprint density at radius 1 is 1.26 bits per heavy atom. The minimum atomic E-state index is -1.94. The summed E-state index contributed by atoms with van der Waals surface area (Å²) in [4.78, 5) is 13.2. The molecule has 156 valence electrons. The highest BCUT2D eigenvalue weighted by Crippen LogP contribution is 2.52. The third-order valence-corrected chi connectivity index (χ3v) is 6.43. The van der Waals surface area contributed by atoms with E-state index in [1.54, 1.807) is 19.1 Å². The fraction of sp³-hybridized carbons (Fsp3) is 0.333. The molecule has 0 saturated heterocycles. The first kappa shape index (κ1) is 20.6. The van der Waals surface area contributed by atoms with Crippen molar-refractivity contribution in [2.75, 3.05) is 13.1 Å². The Labute approximate surface area is 180 Å². The highest BCUT2D eigenvalue weighted by Gasteiger charge is 2.59. The summed E-state index contributed by atoms with van der Waals surface area (Å²) >= 11 is 0. The van der Waals surface area contributed by atoms with Gasteiger partial charge in [0.25, 0.3) is 0 Å². The lowest BCUT2D eigenvalue weighted by molar-refractivity contribution is -0.913. The van der Waals surface area contributed by atoms with Gasteiger partial charge < -0.3 is 24.6 Å². The third kappa shape index (κ3) is 3.34. The van der Waals surface area contributed by atoms with Crippen molar-refractivity contribution in [1.29, 1.82) is 15.9 Å². The summed E-state index contributed by atoms with van der Waals surface area (Å²) in [5.74, 6) is -2.97. The highest BCUT2D eigenvalue weighted by atomic mass is 16.4. The molecule has 0 spiro atoms. The zero-order valence-corrected chi connectivity index (χ0v) is 17.1. The Morgan fingerprint density at radius 3 is 2.55 bits per heavy atom. The molecule has 0 amide bonds. The molecule has 1 aromatic heterocycles. The van der Waals surface area contributed by atoms with Gasteiger partial charge in [0.05, 0.1) is 48.7 Å². The average molecular weight is 414 g/mol. The molecule has 1 aromatic carbocycles. The van der Waals surface area contributed by atoms with Crippen molar-refractivity contribution in [2.24, 2.45) is 17.3 Å². The summed E-state index contributed by atoms with van der Waals surface area (Å²) in [6, 6.07) is 17.4. The molecule has 7 nitrogen and oxygen atoms in total. The number of carboxylic acids is 1. The van der Waals surface area contributed by atoms with E-state index in [2.05, 4.69) is 0 Å². The summed E-state index contributed by atoms with van der Waals surface area (Å²) in [6.07, 6.45) is 1.85. The number of aryl methyl sites for hydroxylation is 1. The molecule has 31 heavy (non-hydrogen) atoms. The van der Waals surface area contributed by atoms with Crippen molar-refractivity contribution in [1.82, 2.24) is 0 Å². The Hall–Kier alpha value is -3.68. The van der Waals surface area contributed by atoms with E-state index in [4.69, 9.17) is 9.83 Å². The van der Waals surface area contributed by atoms with Crippen LogP contribution in [0.1, 0.15) is 23.0 Å². The van der Waals surface area contributed by atoms with Crippen molar-refractivity contribution in [3.05, 3.63) is 71.2 Å². The second-order valence-electron chi connectivity index (χ2n) is 8.25. The maximum Gasteiger partial charge on any atom is 0.192 e. The summed E-state index contributed by atoms with van der Waals surface area (Å²) < 4.78 is 5.83. The van der Waals surface area contributed by atoms with E-state index in [1.165, 1.54) is 4.90 Å². The molecule has 2 N–H and O–H groups in total. The number of furan rings is 1. The SMILES string of the molecule is Cc1ccc([C@H]2[C@@H]3C[NH+](Cc4ccccc4)CC=C3[C@H](C(=O)[O-])C(=N)C2(C#N)C#N)o1. The number of carbonyl (C=O) groups excluding carboxylic acids is 1. The molecule has 2 aliphatic rings. The first-order valence-electron chi connectivity index (χ1n) is 10.2. The number of nitrogens with one attached hydrogen (secondary N) is 2. The smallest absolute Gasteiger partial charge is 0.192 e. The lowest BCUT2D eigenvalue weighted by Gasteiger charge is -2.47. The van der Waals surface area contributed by atoms with Gasteiger partial charge in [-0.1, -0.05) is 30.3 Å². The number of hydrogen-bond donors (Lipinski definition) is 2. The molecule has 4 rings (SSSR count). The normalized spacial score (nSPS) is 26.8. The van der Waals surface area contributed by atoms with Crippen LogP contribution in [0, 0.1) is 52.2 Å². The number of rotatable bonds is 4. The second-order valence-corrected chi connectivity index (χ2v) is 8.25. The Kier molecular flexibility index (Phi) is 5.22. The molecular weight excluding hydrogens is 392 g/mol. The van der Waals surface area contributed by atoms with E-state index in [0.29, 0.717) is 30.2 Å². The molecule has 7 heteroatoms. The van der Waals surface area contributed by atoms with Gasteiger partial charge in [-0.25, -0.2) is 0 Å². The Balaban J connectivity index is 1.82. The van der Waals surface area contributed by atoms with Gasteiger partial charge in [0.2, 0.25) is 0 Å². The minimum Gasteiger partial charge on any atom is -0.549 e. The fourth-order valence-electron chi connectivity index (χ4n) is 5.03. The Bertz CT molecular complexity index is 1120. The molecule has 0 radical (unpaired) electrons. The molecule has 1 fully saturated rings. The maximum absolute atomic E-state index is 12.0. The molecule has 1 saturated carbocycles. The number of nitriles is 2. The zero-order valence-electron chi connectivity index (χ0n) is 17.1. The lowest BCUT2D eigenvalue weighted by atomic mass is 9.55. The van der Waals surface area contributed by atoms with Crippen LogP contribution >= 0.6 is 0 Å². The molecule has 4 atom stereocenters. The number of fused-ring (bicyclic) bond motifs is 1. The summed E-state index contributed by atoms with van der Waals surface area (Å²) in [5.41, 5.74) is -0.689. The van der Waals surface area contributed by atoms with E-state index in [-0.39, 0.29) is 0 Å². The minimum absolute atomic E-state index is 0.430. The highest BCUT2D eigenvalue weighted by molar-refractivity contribution is 6.09. The van der Waals surface area contributed by atoms with Crippen LogP contribution in [0.4, 0.5) is 0 Å². The number of nitrogens with zero attached hydrogens (tertiary/aromatic N) is 2. The third-order valence-electron chi connectivity index (χ3n) is 6.43. The van der Waals surface area contributed by atoms with Gasteiger partial charge in [-0.15, -0.1) is 0 Å². The number of hydrogen-bond acceptors (Lipinski definition) is 6. The van der Waals surface area contributed by atoms with E-state index < -0.39 is 34.8 Å². The number of carbonyl (C=O) groups is 1. The predicted octanol–water partition coefficient (Wildman–Crippen LogP) is 0.746. The summed E-state index contributed by atoms with van der Waals surface area (Å²) in [6.45, 7) is 3.61. The average Bonchev–Trinajstić information content (AvgIpc) is 3.19. The van der Waals surface area contributed by atoms with Crippen molar-refractivity contribution in [3.63, 3.8) is 0 Å². The van der Waals surface area contributed by atoms with Crippen molar-refractivity contribution >= 4 is 11.7 Å². The van der Waals surface area contributed by atoms with Crippen LogP contribution in [-0.4, -0.2) is 24.8 Å². The van der Waals surface area contributed by atoms with Crippen LogP contribution in [0.3, 0.4) is 0 Å². The predicted molar refractivity (Wildman–Crippen MR) is 108 cm³/mol. The monoisotopic (exact) mass is 414 g/mol. The Morgan fingerprint density at radius 2 is 1.97 bits per heavy atom. The molecule has 2 heterocycles.